The number of aliphatic hydroxyl groups excluding tert-OH is 1. The third-order valence-corrected chi connectivity index (χ3v) is 4.65. The van der Waals surface area contributed by atoms with Gasteiger partial charge in [-0.15, -0.1) is 0 Å². The maximum Gasteiger partial charge on any atom is 0.251 e. The van der Waals surface area contributed by atoms with Crippen LogP contribution in [-0.2, 0) is 0 Å². The highest BCUT2D eigenvalue weighted by Crippen LogP contribution is 2.37. The number of rotatable bonds is 4. The van der Waals surface area contributed by atoms with E-state index in [4.69, 9.17) is 0 Å². The minimum Gasteiger partial charge on any atom is -0.396 e. The van der Waals surface area contributed by atoms with Crippen molar-refractivity contribution < 1.29 is 9.90 Å². The van der Waals surface area contributed by atoms with Crippen molar-refractivity contribution in [2.24, 2.45) is 5.41 Å². The molecule has 1 aromatic heterocycles. The van der Waals surface area contributed by atoms with Crippen molar-refractivity contribution in [2.75, 3.05) is 6.61 Å². The third-order valence-electron chi connectivity index (χ3n) is 4.65. The molecule has 0 saturated heterocycles. The number of hydrogen-bond acceptors (Lipinski definition) is 3. The van der Waals surface area contributed by atoms with E-state index < -0.39 is 0 Å². The monoisotopic (exact) mass is 299 g/mol. The predicted octanol–water partition coefficient (Wildman–Crippen LogP) is 2.15. The molecule has 0 aliphatic heterocycles. The Morgan fingerprint density at radius 1 is 1.45 bits per heavy atom. The van der Waals surface area contributed by atoms with Crippen LogP contribution in [0.25, 0.3) is 5.69 Å². The summed E-state index contributed by atoms with van der Waals surface area (Å²) in [6, 6.07) is 9.26. The molecule has 3 rings (SSSR count). The fourth-order valence-corrected chi connectivity index (χ4v) is 3.10. The molecule has 116 valence electrons. The maximum absolute atomic E-state index is 12.4. The van der Waals surface area contributed by atoms with Gasteiger partial charge in [0.2, 0.25) is 0 Å². The number of aliphatic hydroxyl groups is 1. The fraction of sp³-hybridized carbons (Fsp3) is 0.412. The van der Waals surface area contributed by atoms with Crippen molar-refractivity contribution in [3.05, 3.63) is 48.3 Å². The van der Waals surface area contributed by atoms with Crippen LogP contribution < -0.4 is 5.32 Å². The smallest absolute Gasteiger partial charge is 0.251 e. The Kier molecular flexibility index (Phi) is 3.98. The molecule has 2 atom stereocenters. The predicted molar refractivity (Wildman–Crippen MR) is 83.9 cm³/mol. The molecule has 2 unspecified atom stereocenters. The lowest BCUT2D eigenvalue weighted by Gasteiger charge is -2.30. The topological polar surface area (TPSA) is 67.2 Å². The zero-order valence-corrected chi connectivity index (χ0v) is 12.7. The summed E-state index contributed by atoms with van der Waals surface area (Å²) < 4.78 is 1.75. The van der Waals surface area contributed by atoms with Crippen molar-refractivity contribution in [1.82, 2.24) is 15.1 Å². The van der Waals surface area contributed by atoms with Crippen LogP contribution >= 0.6 is 0 Å². The molecule has 0 spiro atoms. The summed E-state index contributed by atoms with van der Waals surface area (Å²) in [7, 11) is 0. The molecule has 2 aromatic rings. The van der Waals surface area contributed by atoms with Gasteiger partial charge in [0.1, 0.15) is 0 Å². The molecule has 1 fully saturated rings. The minimum atomic E-state index is -0.204. The summed E-state index contributed by atoms with van der Waals surface area (Å²) in [6.07, 6.45) is 6.50. The van der Waals surface area contributed by atoms with Gasteiger partial charge in [-0.05, 0) is 43.2 Å². The molecule has 5 nitrogen and oxygen atoms in total. The number of carbonyl (C=O) groups is 1. The normalized spacial score (nSPS) is 24.4. The van der Waals surface area contributed by atoms with E-state index in [0.717, 1.165) is 24.9 Å². The number of benzene rings is 1. The lowest BCUT2D eigenvalue weighted by molar-refractivity contribution is 0.0830. The second-order valence-electron chi connectivity index (χ2n) is 6.23. The highest BCUT2D eigenvalue weighted by molar-refractivity contribution is 5.94. The van der Waals surface area contributed by atoms with Gasteiger partial charge in [-0.2, -0.15) is 5.10 Å². The Morgan fingerprint density at radius 2 is 2.23 bits per heavy atom. The van der Waals surface area contributed by atoms with Crippen LogP contribution in [0.2, 0.25) is 0 Å². The van der Waals surface area contributed by atoms with Gasteiger partial charge in [-0.3, -0.25) is 4.79 Å². The van der Waals surface area contributed by atoms with Gasteiger partial charge in [-0.25, -0.2) is 4.68 Å². The van der Waals surface area contributed by atoms with Crippen LogP contribution in [-0.4, -0.2) is 33.4 Å². The Bertz CT molecular complexity index is 636. The van der Waals surface area contributed by atoms with Crippen LogP contribution in [0.1, 0.15) is 36.5 Å². The fourth-order valence-electron chi connectivity index (χ4n) is 3.10. The van der Waals surface area contributed by atoms with Gasteiger partial charge in [0.25, 0.3) is 5.91 Å². The average Bonchev–Trinajstić information content (AvgIpc) is 3.19. The number of hydrogen-bond donors (Lipinski definition) is 2. The van der Waals surface area contributed by atoms with E-state index in [1.807, 2.05) is 31.3 Å². The van der Waals surface area contributed by atoms with Crippen LogP contribution in [0, 0.1) is 5.41 Å². The van der Waals surface area contributed by atoms with Crippen LogP contribution in [0.3, 0.4) is 0 Å². The van der Waals surface area contributed by atoms with Gasteiger partial charge in [-0.1, -0.05) is 13.3 Å². The molecule has 0 radical (unpaired) electrons. The van der Waals surface area contributed by atoms with Gasteiger partial charge in [0.15, 0.2) is 0 Å². The lowest BCUT2D eigenvalue weighted by Crippen LogP contribution is -2.44. The van der Waals surface area contributed by atoms with E-state index in [9.17, 15) is 9.90 Å². The molecule has 1 saturated carbocycles. The molecule has 1 aliphatic carbocycles. The van der Waals surface area contributed by atoms with Crippen LogP contribution in [0.15, 0.2) is 42.7 Å². The van der Waals surface area contributed by atoms with Gasteiger partial charge in [0.05, 0.1) is 12.3 Å². The largest absolute Gasteiger partial charge is 0.396 e. The summed E-state index contributed by atoms with van der Waals surface area (Å²) in [4.78, 5) is 12.4. The summed E-state index contributed by atoms with van der Waals surface area (Å²) >= 11 is 0. The first-order valence-corrected chi connectivity index (χ1v) is 7.64. The second-order valence-corrected chi connectivity index (χ2v) is 6.23. The summed E-state index contributed by atoms with van der Waals surface area (Å²) in [5, 5.41) is 16.8. The highest BCUT2D eigenvalue weighted by atomic mass is 16.3. The molecular weight excluding hydrogens is 278 g/mol. The van der Waals surface area contributed by atoms with Crippen molar-refractivity contribution in [2.45, 2.75) is 32.2 Å². The van der Waals surface area contributed by atoms with E-state index in [0.29, 0.717) is 5.56 Å². The standard InChI is InChI=1S/C17H21N3O2/c1-17(12-21)9-2-4-15(17)19-16(22)13-5-7-14(8-6-13)20-11-3-10-18-20/h3,5-8,10-11,15,21H,2,4,9,12H2,1H3,(H,19,22). The molecule has 1 aromatic carbocycles. The molecule has 22 heavy (non-hydrogen) atoms. The Labute approximate surface area is 130 Å². The summed E-state index contributed by atoms with van der Waals surface area (Å²) in [5.74, 6) is -0.0846. The highest BCUT2D eigenvalue weighted by Gasteiger charge is 2.39. The van der Waals surface area contributed by atoms with Crippen molar-refractivity contribution in [3.8, 4) is 5.69 Å². The molecule has 1 heterocycles. The van der Waals surface area contributed by atoms with E-state index in [2.05, 4.69) is 10.4 Å². The van der Waals surface area contributed by atoms with Gasteiger partial charge < -0.3 is 10.4 Å². The average molecular weight is 299 g/mol. The summed E-state index contributed by atoms with van der Waals surface area (Å²) in [5.41, 5.74) is 1.34. The van der Waals surface area contributed by atoms with Crippen LogP contribution in [0.4, 0.5) is 0 Å². The molecular formula is C17H21N3O2. The van der Waals surface area contributed by atoms with Crippen molar-refractivity contribution >= 4 is 5.91 Å². The molecule has 0 bridgehead atoms. The maximum atomic E-state index is 12.4. The van der Waals surface area contributed by atoms with Crippen LogP contribution in [0.5, 0.6) is 0 Å². The third kappa shape index (κ3) is 2.76. The summed E-state index contributed by atoms with van der Waals surface area (Å²) in [6.45, 7) is 2.14. The van der Waals surface area contributed by atoms with E-state index in [1.165, 1.54) is 0 Å². The van der Waals surface area contributed by atoms with Gasteiger partial charge in [0, 0.05) is 29.4 Å². The first-order chi connectivity index (χ1) is 10.6. The number of carbonyl (C=O) groups excluding carboxylic acids is 1. The zero-order chi connectivity index (χ0) is 15.6. The van der Waals surface area contributed by atoms with E-state index >= 15 is 0 Å². The number of nitrogens with one attached hydrogen (secondary N) is 1. The van der Waals surface area contributed by atoms with E-state index in [-0.39, 0.29) is 24.0 Å². The lowest BCUT2D eigenvalue weighted by atomic mass is 9.85. The number of aromatic nitrogens is 2. The quantitative estimate of drug-likeness (QED) is 0.909. The Balaban J connectivity index is 1.70. The molecule has 1 amide bonds. The van der Waals surface area contributed by atoms with Crippen molar-refractivity contribution in [1.29, 1.82) is 0 Å². The van der Waals surface area contributed by atoms with Crippen molar-refractivity contribution in [3.63, 3.8) is 0 Å². The first-order valence-electron chi connectivity index (χ1n) is 7.64. The minimum absolute atomic E-state index is 0.0378. The SMILES string of the molecule is CC1(CO)CCCC1NC(=O)c1ccc(-n2cccn2)cc1. The second kappa shape index (κ2) is 5.93. The zero-order valence-electron chi connectivity index (χ0n) is 12.7. The first kappa shape index (κ1) is 14.8. The Hall–Kier alpha value is -2.14. The van der Waals surface area contributed by atoms with E-state index in [1.54, 1.807) is 23.0 Å². The molecule has 2 N–H and O–H groups in total. The number of amides is 1. The number of nitrogens with zero attached hydrogens (tertiary/aromatic N) is 2. The Morgan fingerprint density at radius 3 is 2.86 bits per heavy atom. The van der Waals surface area contributed by atoms with Gasteiger partial charge >= 0.3 is 0 Å². The molecule has 1 aliphatic rings. The molecule has 5 heteroatoms.